The number of aromatic hydroxyl groups is 1. The van der Waals surface area contributed by atoms with Crippen molar-refractivity contribution < 1.29 is 5.11 Å². The van der Waals surface area contributed by atoms with Gasteiger partial charge in [0.15, 0.2) is 0 Å². The third-order valence-corrected chi connectivity index (χ3v) is 2.98. The molecular formula is C14H15ClN2O. The van der Waals surface area contributed by atoms with Crippen LogP contribution in [0, 0.1) is 0 Å². The van der Waals surface area contributed by atoms with Crippen LogP contribution >= 0.6 is 11.6 Å². The van der Waals surface area contributed by atoms with Gasteiger partial charge in [0.2, 0.25) is 0 Å². The van der Waals surface area contributed by atoms with Crippen molar-refractivity contribution in [2.45, 2.75) is 19.5 Å². The molecule has 0 spiro atoms. The predicted octanol–water partition coefficient (Wildman–Crippen LogP) is 3.29. The average Bonchev–Trinajstić information content (AvgIpc) is 2.38. The average molecular weight is 263 g/mol. The minimum Gasteiger partial charge on any atom is -0.506 e. The summed E-state index contributed by atoms with van der Waals surface area (Å²) in [6, 6.07) is 11.4. The van der Waals surface area contributed by atoms with Crippen molar-refractivity contribution in [2.24, 2.45) is 0 Å². The maximum absolute atomic E-state index is 9.15. The number of nitrogens with zero attached hydrogens (tertiary/aromatic N) is 1. The normalized spacial score (nSPS) is 12.3. The zero-order valence-corrected chi connectivity index (χ0v) is 10.9. The second kappa shape index (κ2) is 5.85. The van der Waals surface area contributed by atoms with Gasteiger partial charge in [-0.25, -0.2) is 0 Å². The monoisotopic (exact) mass is 262 g/mol. The Bertz CT molecular complexity index is 513. The van der Waals surface area contributed by atoms with Gasteiger partial charge in [-0.05, 0) is 36.8 Å². The fourth-order valence-electron chi connectivity index (χ4n) is 1.67. The van der Waals surface area contributed by atoms with Crippen LogP contribution in [0.5, 0.6) is 5.75 Å². The Balaban J connectivity index is 1.96. The van der Waals surface area contributed by atoms with Gasteiger partial charge in [0.25, 0.3) is 0 Å². The van der Waals surface area contributed by atoms with E-state index in [1.54, 1.807) is 12.1 Å². The van der Waals surface area contributed by atoms with Gasteiger partial charge >= 0.3 is 0 Å². The highest BCUT2D eigenvalue weighted by Gasteiger charge is 2.05. The standard InChI is InChI=1S/C14H15ClN2O/c1-10(11-3-2-4-12(15)7-11)16-8-13-5-6-14(18)9-17-13/h2-7,9-10,16,18H,8H2,1H3/t10-/m0/s1. The van der Waals surface area contributed by atoms with Crippen molar-refractivity contribution in [3.63, 3.8) is 0 Å². The predicted molar refractivity (Wildman–Crippen MR) is 72.6 cm³/mol. The Morgan fingerprint density at radius 3 is 2.83 bits per heavy atom. The first-order valence-electron chi connectivity index (χ1n) is 5.78. The molecule has 1 atom stereocenters. The molecule has 2 rings (SSSR count). The van der Waals surface area contributed by atoms with Crippen molar-refractivity contribution in [1.82, 2.24) is 10.3 Å². The summed E-state index contributed by atoms with van der Waals surface area (Å²) in [7, 11) is 0. The minimum absolute atomic E-state index is 0.182. The maximum Gasteiger partial charge on any atom is 0.133 e. The quantitative estimate of drug-likeness (QED) is 0.889. The summed E-state index contributed by atoms with van der Waals surface area (Å²) in [5, 5.41) is 13.2. The van der Waals surface area contributed by atoms with E-state index < -0.39 is 0 Å². The first-order chi connectivity index (χ1) is 8.65. The molecule has 0 bridgehead atoms. The van der Waals surface area contributed by atoms with E-state index in [1.807, 2.05) is 24.3 Å². The van der Waals surface area contributed by atoms with E-state index in [0.717, 1.165) is 16.3 Å². The third kappa shape index (κ3) is 3.45. The Morgan fingerprint density at radius 1 is 1.33 bits per heavy atom. The van der Waals surface area contributed by atoms with E-state index in [1.165, 1.54) is 6.20 Å². The summed E-state index contributed by atoms with van der Waals surface area (Å²) in [5.74, 6) is 0.182. The second-order valence-electron chi connectivity index (χ2n) is 4.17. The highest BCUT2D eigenvalue weighted by Crippen LogP contribution is 2.17. The molecule has 94 valence electrons. The van der Waals surface area contributed by atoms with Gasteiger partial charge in [-0.2, -0.15) is 0 Å². The van der Waals surface area contributed by atoms with Crippen LogP contribution in [0.4, 0.5) is 0 Å². The molecule has 1 heterocycles. The molecular weight excluding hydrogens is 248 g/mol. The number of pyridine rings is 1. The van der Waals surface area contributed by atoms with Crippen molar-refractivity contribution in [3.8, 4) is 5.75 Å². The summed E-state index contributed by atoms with van der Waals surface area (Å²) in [6.07, 6.45) is 1.45. The SMILES string of the molecule is C[C@H](NCc1ccc(O)cn1)c1cccc(Cl)c1. The number of hydrogen-bond donors (Lipinski definition) is 2. The van der Waals surface area contributed by atoms with Gasteiger partial charge in [-0.1, -0.05) is 23.7 Å². The Hall–Kier alpha value is -1.58. The van der Waals surface area contributed by atoms with Crippen molar-refractivity contribution in [1.29, 1.82) is 0 Å². The Kier molecular flexibility index (Phi) is 4.18. The molecule has 0 saturated heterocycles. The van der Waals surface area contributed by atoms with Crippen LogP contribution in [0.1, 0.15) is 24.2 Å². The maximum atomic E-state index is 9.15. The van der Waals surface area contributed by atoms with E-state index in [4.69, 9.17) is 16.7 Å². The molecule has 18 heavy (non-hydrogen) atoms. The molecule has 0 aliphatic carbocycles. The lowest BCUT2D eigenvalue weighted by molar-refractivity contribution is 0.471. The zero-order chi connectivity index (χ0) is 13.0. The lowest BCUT2D eigenvalue weighted by atomic mass is 10.1. The number of hydrogen-bond acceptors (Lipinski definition) is 3. The van der Waals surface area contributed by atoms with Crippen LogP contribution in [0.3, 0.4) is 0 Å². The van der Waals surface area contributed by atoms with Crippen molar-refractivity contribution in [2.75, 3.05) is 0 Å². The van der Waals surface area contributed by atoms with Gasteiger partial charge in [0.05, 0.1) is 11.9 Å². The van der Waals surface area contributed by atoms with Gasteiger partial charge in [0.1, 0.15) is 5.75 Å². The molecule has 0 fully saturated rings. The van der Waals surface area contributed by atoms with Crippen LogP contribution in [0.25, 0.3) is 0 Å². The highest BCUT2D eigenvalue weighted by atomic mass is 35.5. The van der Waals surface area contributed by atoms with E-state index in [2.05, 4.69) is 17.2 Å². The molecule has 2 aromatic rings. The summed E-state index contributed by atoms with van der Waals surface area (Å²) in [5.41, 5.74) is 2.03. The molecule has 0 unspecified atom stereocenters. The minimum atomic E-state index is 0.182. The molecule has 4 heteroatoms. The van der Waals surface area contributed by atoms with Gasteiger partial charge in [-0.3, -0.25) is 4.98 Å². The summed E-state index contributed by atoms with van der Waals surface area (Å²) >= 11 is 5.96. The van der Waals surface area contributed by atoms with E-state index in [9.17, 15) is 0 Å². The number of rotatable bonds is 4. The van der Waals surface area contributed by atoms with Crippen molar-refractivity contribution in [3.05, 3.63) is 58.9 Å². The van der Waals surface area contributed by atoms with E-state index in [-0.39, 0.29) is 11.8 Å². The number of benzene rings is 1. The van der Waals surface area contributed by atoms with Crippen LogP contribution < -0.4 is 5.32 Å². The van der Waals surface area contributed by atoms with Crippen LogP contribution in [-0.4, -0.2) is 10.1 Å². The molecule has 0 saturated carbocycles. The molecule has 0 aliphatic heterocycles. The van der Waals surface area contributed by atoms with Crippen LogP contribution in [0.2, 0.25) is 5.02 Å². The molecule has 0 radical (unpaired) electrons. The van der Waals surface area contributed by atoms with E-state index >= 15 is 0 Å². The van der Waals surface area contributed by atoms with E-state index in [0.29, 0.717) is 6.54 Å². The highest BCUT2D eigenvalue weighted by molar-refractivity contribution is 6.30. The smallest absolute Gasteiger partial charge is 0.133 e. The third-order valence-electron chi connectivity index (χ3n) is 2.75. The largest absolute Gasteiger partial charge is 0.506 e. The second-order valence-corrected chi connectivity index (χ2v) is 4.60. The summed E-state index contributed by atoms with van der Waals surface area (Å²) in [4.78, 5) is 4.12. The summed E-state index contributed by atoms with van der Waals surface area (Å²) in [6.45, 7) is 2.72. The number of aromatic nitrogens is 1. The van der Waals surface area contributed by atoms with Gasteiger partial charge in [-0.15, -0.1) is 0 Å². The molecule has 0 aliphatic rings. The summed E-state index contributed by atoms with van der Waals surface area (Å²) < 4.78 is 0. The molecule has 1 aromatic heterocycles. The lowest BCUT2D eigenvalue weighted by Gasteiger charge is -2.14. The Labute approximate surface area is 111 Å². The van der Waals surface area contributed by atoms with Crippen LogP contribution in [0.15, 0.2) is 42.6 Å². The number of halogens is 1. The molecule has 2 N–H and O–H groups in total. The van der Waals surface area contributed by atoms with Gasteiger partial charge in [0, 0.05) is 17.6 Å². The number of nitrogens with one attached hydrogen (secondary N) is 1. The fraction of sp³-hybridized carbons (Fsp3) is 0.214. The van der Waals surface area contributed by atoms with Crippen LogP contribution in [-0.2, 0) is 6.54 Å². The topological polar surface area (TPSA) is 45.1 Å². The molecule has 3 nitrogen and oxygen atoms in total. The fourth-order valence-corrected chi connectivity index (χ4v) is 1.87. The molecule has 0 amide bonds. The van der Waals surface area contributed by atoms with Crippen molar-refractivity contribution >= 4 is 11.6 Å². The first kappa shape index (κ1) is 12.9. The lowest BCUT2D eigenvalue weighted by Crippen LogP contribution is -2.18. The van der Waals surface area contributed by atoms with Gasteiger partial charge < -0.3 is 10.4 Å². The Morgan fingerprint density at radius 2 is 2.17 bits per heavy atom. The zero-order valence-electron chi connectivity index (χ0n) is 10.1. The molecule has 1 aromatic carbocycles. The first-order valence-corrected chi connectivity index (χ1v) is 6.15.